The van der Waals surface area contributed by atoms with Crippen LogP contribution in [0.2, 0.25) is 0 Å². The van der Waals surface area contributed by atoms with E-state index in [1.54, 1.807) is 38.5 Å². The second-order valence-electron chi connectivity index (χ2n) is 13.2. The summed E-state index contributed by atoms with van der Waals surface area (Å²) in [5.74, 6) is -0.150. The molecule has 0 aliphatic carbocycles. The van der Waals surface area contributed by atoms with E-state index in [4.69, 9.17) is 28.4 Å². The van der Waals surface area contributed by atoms with Crippen LogP contribution >= 0.6 is 0 Å². The second-order valence-corrected chi connectivity index (χ2v) is 13.2. The molecule has 1 aliphatic heterocycles. The van der Waals surface area contributed by atoms with Gasteiger partial charge in [0, 0.05) is 28.7 Å². The molecule has 52 heavy (non-hydrogen) atoms. The summed E-state index contributed by atoms with van der Waals surface area (Å²) in [4.78, 5) is 24.0. The summed E-state index contributed by atoms with van der Waals surface area (Å²) in [7, 11) is 0. The average Bonchev–Trinajstić information content (AvgIpc) is 3.13. The number of carbonyl (C=O) groups excluding carboxylic acids is 2. The number of benzene rings is 2. The molecule has 0 unspecified atom stereocenters. The Balaban J connectivity index is 1.79. The first-order chi connectivity index (χ1) is 25.2. The molecule has 0 bridgehead atoms. The van der Waals surface area contributed by atoms with Gasteiger partial charge in [-0.15, -0.1) is 0 Å². The summed E-state index contributed by atoms with van der Waals surface area (Å²) in [6, 6.07) is 8.79. The Kier molecular flexibility index (Phi) is 19.4. The van der Waals surface area contributed by atoms with Crippen LogP contribution in [0.5, 0.6) is 11.5 Å². The Bertz CT molecular complexity index is 1440. The smallest absolute Gasteiger partial charge is 0.333 e. The van der Waals surface area contributed by atoms with Crippen LogP contribution in [-0.2, 0) is 41.4 Å². The van der Waals surface area contributed by atoms with Gasteiger partial charge in [-0.2, -0.15) is 0 Å². The molecule has 1 heterocycles. The van der Waals surface area contributed by atoms with E-state index in [-0.39, 0.29) is 25.9 Å². The summed E-state index contributed by atoms with van der Waals surface area (Å²) in [6.07, 6.45) is 18.6. The van der Waals surface area contributed by atoms with Gasteiger partial charge in [-0.3, -0.25) is 0 Å². The van der Waals surface area contributed by atoms with E-state index in [0.717, 1.165) is 24.0 Å². The zero-order chi connectivity index (χ0) is 37.6. The SMILES string of the molecule is C=C(C)C(=O)OCCCc1cc(-c2ccc(OCCCCCCCCCC)cc2F)cc(CCCOC(=O)C(=C)C)c1OCOCC1C=COC=C1. The van der Waals surface area contributed by atoms with Crippen molar-refractivity contribution in [1.29, 1.82) is 0 Å². The minimum absolute atomic E-state index is 0.0209. The fourth-order valence-corrected chi connectivity index (χ4v) is 5.61. The molecule has 1 aliphatic rings. The van der Waals surface area contributed by atoms with Crippen LogP contribution in [0.3, 0.4) is 0 Å². The standard InChI is InChI=1S/C43H57FO8/c1-6-7-8-9-10-11-12-13-22-49-38-18-19-39(40(44)29-38)37-27-35(16-14-23-50-42(45)32(2)3)41(52-31-48-30-34-20-25-47-26-21-34)36(28-37)17-15-24-51-43(46)33(4)5/h18-21,25-29,34H,2,4,6-17,22-24,30-31H2,1,3,5H3. The lowest BCUT2D eigenvalue weighted by atomic mass is 9.94. The van der Waals surface area contributed by atoms with Crippen molar-refractivity contribution in [2.75, 3.05) is 33.2 Å². The molecule has 0 saturated carbocycles. The third-order valence-electron chi connectivity index (χ3n) is 8.51. The van der Waals surface area contributed by atoms with Crippen molar-refractivity contribution < 1.29 is 42.4 Å². The summed E-state index contributed by atoms with van der Waals surface area (Å²) in [6.45, 7) is 14.0. The van der Waals surface area contributed by atoms with E-state index in [0.29, 0.717) is 72.7 Å². The van der Waals surface area contributed by atoms with Crippen LogP contribution in [0.4, 0.5) is 4.39 Å². The monoisotopic (exact) mass is 720 g/mol. The van der Waals surface area contributed by atoms with Gasteiger partial charge >= 0.3 is 11.9 Å². The Morgan fingerprint density at radius 3 is 1.88 bits per heavy atom. The second kappa shape index (κ2) is 24.0. The maximum atomic E-state index is 15.8. The van der Waals surface area contributed by atoms with Crippen LogP contribution in [-0.4, -0.2) is 45.2 Å². The molecule has 0 spiro atoms. The maximum Gasteiger partial charge on any atom is 0.333 e. The van der Waals surface area contributed by atoms with E-state index < -0.39 is 17.8 Å². The molecule has 0 radical (unpaired) electrons. The molecule has 9 heteroatoms. The summed E-state index contributed by atoms with van der Waals surface area (Å²) in [5, 5.41) is 0. The maximum absolute atomic E-state index is 15.8. The van der Waals surface area contributed by atoms with Crippen molar-refractivity contribution in [3.05, 3.63) is 96.3 Å². The normalized spacial score (nSPS) is 12.3. The van der Waals surface area contributed by atoms with Crippen LogP contribution in [0, 0.1) is 11.7 Å². The Labute approximate surface area is 309 Å². The molecule has 2 aromatic rings. The lowest BCUT2D eigenvalue weighted by molar-refractivity contribution is -0.139. The average molecular weight is 721 g/mol. The van der Waals surface area contributed by atoms with Crippen molar-refractivity contribution >= 4 is 11.9 Å². The van der Waals surface area contributed by atoms with E-state index in [2.05, 4.69) is 20.1 Å². The molecule has 0 N–H and O–H groups in total. The highest BCUT2D eigenvalue weighted by molar-refractivity contribution is 5.87. The predicted molar refractivity (Wildman–Crippen MR) is 202 cm³/mol. The zero-order valence-corrected chi connectivity index (χ0v) is 31.4. The van der Waals surface area contributed by atoms with Gasteiger partial charge in [-0.1, -0.05) is 65.0 Å². The first-order valence-electron chi connectivity index (χ1n) is 18.6. The number of hydrogen-bond donors (Lipinski definition) is 0. The molecular formula is C43H57FO8. The van der Waals surface area contributed by atoms with Crippen LogP contribution < -0.4 is 9.47 Å². The van der Waals surface area contributed by atoms with Crippen molar-refractivity contribution in [3.63, 3.8) is 0 Å². The Hall–Kier alpha value is -4.37. The van der Waals surface area contributed by atoms with Gasteiger partial charge < -0.3 is 28.4 Å². The molecule has 0 saturated heterocycles. The number of rotatable bonds is 26. The molecule has 0 aromatic heterocycles. The summed E-state index contributed by atoms with van der Waals surface area (Å²) in [5.41, 5.74) is 3.36. The van der Waals surface area contributed by atoms with Crippen molar-refractivity contribution in [2.45, 2.75) is 97.8 Å². The molecule has 8 nitrogen and oxygen atoms in total. The molecule has 284 valence electrons. The van der Waals surface area contributed by atoms with E-state index in [9.17, 15) is 9.59 Å². The first kappa shape index (κ1) is 42.0. The van der Waals surface area contributed by atoms with E-state index in [1.807, 2.05) is 24.3 Å². The number of halogens is 1. The predicted octanol–water partition coefficient (Wildman–Crippen LogP) is 10.1. The Morgan fingerprint density at radius 1 is 0.750 bits per heavy atom. The number of carbonyl (C=O) groups is 2. The summed E-state index contributed by atoms with van der Waals surface area (Å²) >= 11 is 0. The van der Waals surface area contributed by atoms with E-state index >= 15 is 4.39 Å². The third-order valence-corrected chi connectivity index (χ3v) is 8.51. The van der Waals surface area contributed by atoms with Crippen molar-refractivity contribution in [3.8, 4) is 22.6 Å². The molecule has 0 fully saturated rings. The number of aryl methyl sites for hydroxylation is 2. The van der Waals surface area contributed by atoms with Gasteiger partial charge in [0.25, 0.3) is 0 Å². The topological polar surface area (TPSA) is 89.5 Å². The number of unbranched alkanes of at least 4 members (excludes halogenated alkanes) is 7. The minimum Gasteiger partial charge on any atom is -0.493 e. The van der Waals surface area contributed by atoms with E-state index in [1.165, 1.54) is 44.6 Å². The quantitative estimate of drug-likeness (QED) is 0.0411. The highest BCUT2D eigenvalue weighted by atomic mass is 19.1. The lowest BCUT2D eigenvalue weighted by Gasteiger charge is -2.20. The lowest BCUT2D eigenvalue weighted by Crippen LogP contribution is -2.13. The van der Waals surface area contributed by atoms with Gasteiger partial charge in [0.1, 0.15) is 17.3 Å². The molecular weight excluding hydrogens is 663 g/mol. The van der Waals surface area contributed by atoms with Gasteiger partial charge in [-0.05, 0) is 99.1 Å². The number of hydrogen-bond acceptors (Lipinski definition) is 8. The van der Waals surface area contributed by atoms with Crippen LogP contribution in [0.15, 0.2) is 79.3 Å². The molecule has 0 atom stereocenters. The first-order valence-corrected chi connectivity index (χ1v) is 18.6. The minimum atomic E-state index is -0.452. The largest absolute Gasteiger partial charge is 0.493 e. The van der Waals surface area contributed by atoms with Gasteiger partial charge in [0.15, 0.2) is 6.79 Å². The van der Waals surface area contributed by atoms with Crippen LogP contribution in [0.1, 0.15) is 96.1 Å². The fraction of sp³-hybridized carbons (Fsp3) is 0.488. The third kappa shape index (κ3) is 15.5. The zero-order valence-electron chi connectivity index (χ0n) is 31.4. The fourth-order valence-electron chi connectivity index (χ4n) is 5.61. The molecule has 0 amide bonds. The highest BCUT2D eigenvalue weighted by Crippen LogP contribution is 2.35. The molecule has 3 rings (SSSR count). The van der Waals surface area contributed by atoms with Gasteiger partial charge in [0.2, 0.25) is 0 Å². The van der Waals surface area contributed by atoms with Gasteiger partial charge in [-0.25, -0.2) is 14.0 Å². The van der Waals surface area contributed by atoms with Gasteiger partial charge in [0.05, 0.1) is 39.0 Å². The van der Waals surface area contributed by atoms with Crippen molar-refractivity contribution in [1.82, 2.24) is 0 Å². The highest BCUT2D eigenvalue weighted by Gasteiger charge is 2.18. The summed E-state index contributed by atoms with van der Waals surface area (Å²) < 4.78 is 49.6. The van der Waals surface area contributed by atoms with Crippen molar-refractivity contribution in [2.24, 2.45) is 5.92 Å². The number of ether oxygens (including phenoxy) is 6. The number of esters is 2. The Morgan fingerprint density at radius 2 is 1.33 bits per heavy atom. The molecule has 2 aromatic carbocycles. The van der Waals surface area contributed by atoms with Crippen LogP contribution in [0.25, 0.3) is 11.1 Å².